The summed E-state index contributed by atoms with van der Waals surface area (Å²) in [7, 11) is 0. The van der Waals surface area contributed by atoms with Crippen LogP contribution in [-0.2, 0) is 14.3 Å². The average molecular weight is 235 g/mol. The van der Waals surface area contributed by atoms with Gasteiger partial charge in [-0.3, -0.25) is 9.59 Å². The number of amides is 1. The van der Waals surface area contributed by atoms with E-state index in [2.05, 4.69) is 0 Å². The first-order valence-corrected chi connectivity index (χ1v) is 6.04. The van der Waals surface area contributed by atoms with Crippen LogP contribution in [0.15, 0.2) is 12.2 Å². The molecule has 2 heterocycles. The third kappa shape index (κ3) is 1.22. The van der Waals surface area contributed by atoms with Crippen LogP contribution in [0.4, 0.5) is 0 Å². The molecule has 2 fully saturated rings. The van der Waals surface area contributed by atoms with E-state index in [-0.39, 0.29) is 29.4 Å². The fourth-order valence-corrected chi connectivity index (χ4v) is 3.24. The lowest BCUT2D eigenvalue weighted by Crippen LogP contribution is -2.46. The van der Waals surface area contributed by atoms with Gasteiger partial charge in [0.2, 0.25) is 5.91 Å². The molecule has 17 heavy (non-hydrogen) atoms. The van der Waals surface area contributed by atoms with Crippen molar-refractivity contribution in [3.63, 3.8) is 0 Å². The molecule has 0 unspecified atom stereocenters. The minimum atomic E-state index is -0.559. The fraction of sp³-hybridized carbons (Fsp3) is 0.692. The number of fused-ring (bicyclic) bond motifs is 3. The first-order valence-electron chi connectivity index (χ1n) is 6.04. The lowest BCUT2D eigenvalue weighted by Gasteiger charge is -2.31. The van der Waals surface area contributed by atoms with Crippen LogP contribution < -0.4 is 0 Å². The Morgan fingerprint density at radius 1 is 1.35 bits per heavy atom. The zero-order chi connectivity index (χ0) is 12.4. The third-order valence-electron chi connectivity index (χ3n) is 4.34. The topological polar surface area (TPSA) is 46.6 Å². The Labute approximate surface area is 101 Å². The summed E-state index contributed by atoms with van der Waals surface area (Å²) in [5.41, 5.74) is -0.824. The summed E-state index contributed by atoms with van der Waals surface area (Å²) >= 11 is 0. The number of ketones is 1. The highest BCUT2D eigenvalue weighted by molar-refractivity contribution is 5.97. The molecule has 4 heteroatoms. The van der Waals surface area contributed by atoms with E-state index in [1.54, 1.807) is 12.2 Å². The molecule has 0 aromatic rings. The standard InChI is InChI=1S/C13H17NO3/c1-12(2)7-17-10-9-6-8(15)4-5-13(9,3)11(16)14(10)12/h4-5,9-10H,6-7H2,1-3H3/t9-,10+,13-/m1/s1. The van der Waals surface area contributed by atoms with Gasteiger partial charge in [-0.1, -0.05) is 6.08 Å². The molecule has 92 valence electrons. The number of carbonyl (C=O) groups excluding carboxylic acids is 2. The van der Waals surface area contributed by atoms with Crippen molar-refractivity contribution in [1.29, 1.82) is 0 Å². The van der Waals surface area contributed by atoms with E-state index in [1.165, 1.54) is 0 Å². The molecule has 0 N–H and O–H groups in total. The smallest absolute Gasteiger partial charge is 0.235 e. The SMILES string of the molecule is CC1(C)CO[C@H]2[C@H]3CC(=O)C=C[C@@]3(C)C(=O)N21. The lowest BCUT2D eigenvalue weighted by atomic mass is 9.72. The molecule has 1 aliphatic carbocycles. The maximum absolute atomic E-state index is 12.5. The van der Waals surface area contributed by atoms with Gasteiger partial charge in [0.1, 0.15) is 6.23 Å². The van der Waals surface area contributed by atoms with Gasteiger partial charge in [-0.2, -0.15) is 0 Å². The summed E-state index contributed by atoms with van der Waals surface area (Å²) in [6.07, 6.45) is 3.50. The fourth-order valence-electron chi connectivity index (χ4n) is 3.24. The molecule has 0 spiro atoms. The van der Waals surface area contributed by atoms with Gasteiger partial charge >= 0.3 is 0 Å². The maximum Gasteiger partial charge on any atom is 0.235 e. The Balaban J connectivity index is 2.07. The third-order valence-corrected chi connectivity index (χ3v) is 4.34. The van der Waals surface area contributed by atoms with Gasteiger partial charge in [-0.15, -0.1) is 0 Å². The summed E-state index contributed by atoms with van der Waals surface area (Å²) < 4.78 is 5.76. The van der Waals surface area contributed by atoms with Crippen molar-refractivity contribution in [2.24, 2.45) is 11.3 Å². The Morgan fingerprint density at radius 3 is 2.76 bits per heavy atom. The van der Waals surface area contributed by atoms with Crippen LogP contribution in [0.2, 0.25) is 0 Å². The van der Waals surface area contributed by atoms with E-state index < -0.39 is 5.41 Å². The second kappa shape index (κ2) is 2.99. The normalized spacial score (nSPS) is 42.9. The number of nitrogens with zero attached hydrogens (tertiary/aromatic N) is 1. The van der Waals surface area contributed by atoms with Crippen molar-refractivity contribution in [3.8, 4) is 0 Å². The molecule has 3 aliphatic rings. The van der Waals surface area contributed by atoms with Gasteiger partial charge in [0, 0.05) is 12.3 Å². The highest BCUT2D eigenvalue weighted by Gasteiger charge is 2.63. The quantitative estimate of drug-likeness (QED) is 0.632. The number of hydrogen-bond acceptors (Lipinski definition) is 3. The largest absolute Gasteiger partial charge is 0.355 e. The zero-order valence-corrected chi connectivity index (χ0v) is 10.4. The van der Waals surface area contributed by atoms with E-state index in [0.717, 1.165) is 0 Å². The Bertz CT molecular complexity index is 440. The van der Waals surface area contributed by atoms with E-state index >= 15 is 0 Å². The van der Waals surface area contributed by atoms with Crippen LogP contribution in [0.5, 0.6) is 0 Å². The van der Waals surface area contributed by atoms with Crippen LogP contribution in [0.3, 0.4) is 0 Å². The zero-order valence-electron chi connectivity index (χ0n) is 10.4. The second-order valence-corrected chi connectivity index (χ2v) is 6.08. The minimum absolute atomic E-state index is 0.0331. The van der Waals surface area contributed by atoms with Crippen molar-refractivity contribution >= 4 is 11.7 Å². The van der Waals surface area contributed by atoms with Crippen molar-refractivity contribution in [3.05, 3.63) is 12.2 Å². The highest BCUT2D eigenvalue weighted by Crippen LogP contribution is 2.51. The Morgan fingerprint density at radius 2 is 2.06 bits per heavy atom. The molecule has 0 aromatic carbocycles. The van der Waals surface area contributed by atoms with Gasteiger partial charge in [-0.25, -0.2) is 0 Å². The Kier molecular flexibility index (Phi) is 1.93. The highest BCUT2D eigenvalue weighted by atomic mass is 16.5. The summed E-state index contributed by atoms with van der Waals surface area (Å²) in [6, 6.07) is 0. The van der Waals surface area contributed by atoms with Crippen molar-refractivity contribution in [2.45, 2.75) is 39.0 Å². The average Bonchev–Trinajstić information content (AvgIpc) is 2.66. The van der Waals surface area contributed by atoms with Crippen LogP contribution in [0.1, 0.15) is 27.2 Å². The molecular weight excluding hydrogens is 218 g/mol. The number of ether oxygens (including phenoxy) is 1. The molecule has 1 amide bonds. The summed E-state index contributed by atoms with van der Waals surface area (Å²) in [5, 5.41) is 0. The summed E-state index contributed by atoms with van der Waals surface area (Å²) in [5.74, 6) is 0.156. The number of allylic oxidation sites excluding steroid dienone is 1. The van der Waals surface area contributed by atoms with Gasteiger partial charge < -0.3 is 9.64 Å². The lowest BCUT2D eigenvalue weighted by molar-refractivity contribution is -0.138. The molecule has 0 bridgehead atoms. The van der Waals surface area contributed by atoms with Crippen molar-refractivity contribution in [1.82, 2.24) is 4.90 Å². The van der Waals surface area contributed by atoms with Gasteiger partial charge in [-0.05, 0) is 26.8 Å². The Hall–Kier alpha value is -1.16. The van der Waals surface area contributed by atoms with Crippen LogP contribution in [-0.4, -0.2) is 35.0 Å². The van der Waals surface area contributed by atoms with Crippen LogP contribution in [0.25, 0.3) is 0 Å². The van der Waals surface area contributed by atoms with E-state index in [4.69, 9.17) is 4.74 Å². The number of rotatable bonds is 0. The van der Waals surface area contributed by atoms with Gasteiger partial charge in [0.15, 0.2) is 5.78 Å². The van der Waals surface area contributed by atoms with Crippen LogP contribution in [0, 0.1) is 11.3 Å². The first kappa shape index (κ1) is 11.0. The first-order chi connectivity index (χ1) is 7.86. The molecule has 2 aliphatic heterocycles. The second-order valence-electron chi connectivity index (χ2n) is 6.08. The predicted molar refractivity (Wildman–Crippen MR) is 61.0 cm³/mol. The van der Waals surface area contributed by atoms with Crippen molar-refractivity contribution < 1.29 is 14.3 Å². The van der Waals surface area contributed by atoms with E-state index in [1.807, 2.05) is 25.7 Å². The van der Waals surface area contributed by atoms with E-state index in [9.17, 15) is 9.59 Å². The molecule has 0 saturated carbocycles. The number of hydrogen-bond donors (Lipinski definition) is 0. The molecule has 3 atom stereocenters. The maximum atomic E-state index is 12.5. The molecule has 0 radical (unpaired) electrons. The molecule has 2 saturated heterocycles. The number of carbonyl (C=O) groups is 2. The monoisotopic (exact) mass is 235 g/mol. The molecule has 4 nitrogen and oxygen atoms in total. The molecular formula is C13H17NO3. The minimum Gasteiger partial charge on any atom is -0.355 e. The molecule has 3 rings (SSSR count). The van der Waals surface area contributed by atoms with Gasteiger partial charge in [0.25, 0.3) is 0 Å². The molecule has 0 aromatic heterocycles. The van der Waals surface area contributed by atoms with Gasteiger partial charge in [0.05, 0.1) is 17.6 Å². The summed E-state index contributed by atoms with van der Waals surface area (Å²) in [6.45, 7) is 6.49. The van der Waals surface area contributed by atoms with Crippen LogP contribution >= 0.6 is 0 Å². The van der Waals surface area contributed by atoms with Crippen molar-refractivity contribution in [2.75, 3.05) is 6.61 Å². The summed E-state index contributed by atoms with van der Waals surface area (Å²) in [4.78, 5) is 25.9. The predicted octanol–water partition coefficient (Wildman–Crippen LogP) is 1.11. The van der Waals surface area contributed by atoms with E-state index in [0.29, 0.717) is 13.0 Å².